The van der Waals surface area contributed by atoms with Crippen molar-refractivity contribution in [3.63, 3.8) is 0 Å². The average Bonchev–Trinajstić information content (AvgIpc) is 2.08. The van der Waals surface area contributed by atoms with Crippen LogP contribution >= 0.6 is 24.0 Å². The van der Waals surface area contributed by atoms with Crippen LogP contribution in [0.3, 0.4) is 0 Å². The molecule has 0 aliphatic carbocycles. The van der Waals surface area contributed by atoms with E-state index < -0.39 is 24.7 Å². The van der Waals surface area contributed by atoms with Gasteiger partial charge in [0.2, 0.25) is 6.43 Å². The zero-order valence-corrected chi connectivity index (χ0v) is 9.16. The molecule has 0 amide bonds. The molecule has 15 heavy (non-hydrogen) atoms. The summed E-state index contributed by atoms with van der Waals surface area (Å²) in [5.41, 5.74) is 5.41. The van der Waals surface area contributed by atoms with E-state index in [9.17, 15) is 13.2 Å². The molecule has 0 saturated carbocycles. The topological polar surface area (TPSA) is 26.0 Å². The van der Waals surface area contributed by atoms with Crippen molar-refractivity contribution in [3.8, 4) is 0 Å². The van der Waals surface area contributed by atoms with Crippen molar-refractivity contribution >= 4 is 24.0 Å². The third-order valence-electron chi connectivity index (χ3n) is 1.79. The molecule has 0 aliphatic heterocycles. The molecule has 0 aromatic heterocycles. The Morgan fingerprint density at radius 2 is 1.93 bits per heavy atom. The van der Waals surface area contributed by atoms with Crippen molar-refractivity contribution in [2.45, 2.75) is 18.9 Å². The predicted octanol–water partition coefficient (Wildman–Crippen LogP) is 3.56. The number of benzene rings is 1. The van der Waals surface area contributed by atoms with Gasteiger partial charge in [-0.1, -0.05) is 11.6 Å². The lowest BCUT2D eigenvalue weighted by molar-refractivity contribution is 0.128. The molecule has 1 rings (SSSR count). The van der Waals surface area contributed by atoms with Gasteiger partial charge in [-0.25, -0.2) is 13.2 Å². The van der Waals surface area contributed by atoms with E-state index in [1.807, 2.05) is 0 Å². The fourth-order valence-corrected chi connectivity index (χ4v) is 1.30. The summed E-state index contributed by atoms with van der Waals surface area (Å²) in [6.45, 7) is 0. The zero-order chi connectivity index (χ0) is 10.7. The molecule has 0 heterocycles. The number of halogens is 5. The molecule has 86 valence electrons. The highest BCUT2D eigenvalue weighted by Crippen LogP contribution is 2.23. The number of alkyl halides is 2. The van der Waals surface area contributed by atoms with Gasteiger partial charge in [0.1, 0.15) is 5.82 Å². The minimum atomic E-state index is -2.55. The van der Waals surface area contributed by atoms with Crippen molar-refractivity contribution in [1.29, 1.82) is 0 Å². The van der Waals surface area contributed by atoms with Crippen LogP contribution in [-0.4, -0.2) is 6.43 Å². The van der Waals surface area contributed by atoms with E-state index in [4.69, 9.17) is 17.3 Å². The molecule has 1 nitrogen and oxygen atoms in total. The van der Waals surface area contributed by atoms with Gasteiger partial charge in [0.05, 0.1) is 0 Å². The summed E-state index contributed by atoms with van der Waals surface area (Å²) in [6, 6.07) is 2.70. The Hall–Kier alpha value is -0.450. The third kappa shape index (κ3) is 4.28. The Morgan fingerprint density at radius 3 is 2.47 bits per heavy atom. The van der Waals surface area contributed by atoms with Crippen LogP contribution in [0.2, 0.25) is 5.02 Å². The van der Waals surface area contributed by atoms with E-state index in [0.29, 0.717) is 0 Å². The number of hydrogen-bond donors (Lipinski definition) is 1. The van der Waals surface area contributed by atoms with Gasteiger partial charge >= 0.3 is 0 Å². The first-order valence-corrected chi connectivity index (χ1v) is 4.37. The second-order valence-electron chi connectivity index (χ2n) is 2.90. The van der Waals surface area contributed by atoms with Crippen LogP contribution in [0.1, 0.15) is 18.0 Å². The number of rotatable bonds is 3. The summed E-state index contributed by atoms with van der Waals surface area (Å²) < 4.78 is 37.0. The molecule has 0 spiro atoms. The van der Waals surface area contributed by atoms with Crippen LogP contribution in [0.4, 0.5) is 13.2 Å². The maximum atomic E-state index is 13.1. The van der Waals surface area contributed by atoms with E-state index in [2.05, 4.69) is 0 Å². The lowest BCUT2D eigenvalue weighted by Gasteiger charge is -2.12. The van der Waals surface area contributed by atoms with Gasteiger partial charge in [-0.2, -0.15) is 0 Å². The summed E-state index contributed by atoms with van der Waals surface area (Å²) in [4.78, 5) is 0. The minimum absolute atomic E-state index is 0. The van der Waals surface area contributed by atoms with Crippen molar-refractivity contribution < 1.29 is 13.2 Å². The van der Waals surface area contributed by atoms with Crippen LogP contribution in [0.5, 0.6) is 0 Å². The summed E-state index contributed by atoms with van der Waals surface area (Å²) in [7, 11) is 0. The summed E-state index contributed by atoms with van der Waals surface area (Å²) in [5.74, 6) is -0.609. The SMILES string of the molecule is Cl.N[C@@H](CC(F)F)c1cc(Cl)ccc1F. The van der Waals surface area contributed by atoms with E-state index in [0.717, 1.165) is 6.07 Å². The number of hydrogen-bond acceptors (Lipinski definition) is 1. The standard InChI is InChI=1S/C9H9ClF3N.ClH/c10-5-1-2-7(11)6(3-5)8(14)4-9(12)13;/h1-3,8-9H,4,14H2;1H/t8-;/m0./s1. The van der Waals surface area contributed by atoms with E-state index >= 15 is 0 Å². The molecule has 0 unspecified atom stereocenters. The molecular formula is C9H10Cl2F3N. The third-order valence-corrected chi connectivity index (χ3v) is 2.02. The highest BCUT2D eigenvalue weighted by Gasteiger charge is 2.16. The second kappa shape index (κ2) is 6.20. The van der Waals surface area contributed by atoms with Crippen LogP contribution in [-0.2, 0) is 0 Å². The van der Waals surface area contributed by atoms with Crippen molar-refractivity contribution in [2.75, 3.05) is 0 Å². The van der Waals surface area contributed by atoms with Gasteiger partial charge in [0.25, 0.3) is 0 Å². The Balaban J connectivity index is 0.00000196. The molecule has 0 saturated heterocycles. The van der Waals surface area contributed by atoms with Crippen LogP contribution < -0.4 is 5.73 Å². The molecule has 1 atom stereocenters. The van der Waals surface area contributed by atoms with Crippen molar-refractivity contribution in [1.82, 2.24) is 0 Å². The lowest BCUT2D eigenvalue weighted by Crippen LogP contribution is -2.15. The molecule has 1 aromatic rings. The molecule has 6 heteroatoms. The maximum absolute atomic E-state index is 13.1. The minimum Gasteiger partial charge on any atom is -0.324 e. The van der Waals surface area contributed by atoms with Crippen LogP contribution in [0.15, 0.2) is 18.2 Å². The highest BCUT2D eigenvalue weighted by molar-refractivity contribution is 6.30. The molecule has 2 N–H and O–H groups in total. The summed E-state index contributed by atoms with van der Waals surface area (Å²) >= 11 is 5.59. The Kier molecular flexibility index (Phi) is 6.02. The Labute approximate surface area is 96.8 Å². The number of nitrogens with two attached hydrogens (primary N) is 1. The average molecular weight is 260 g/mol. The summed E-state index contributed by atoms with van der Waals surface area (Å²) in [5, 5.41) is 0.283. The normalized spacial score (nSPS) is 12.4. The van der Waals surface area contributed by atoms with Gasteiger partial charge in [0.15, 0.2) is 0 Å². The Bertz CT molecular complexity index is 320. The lowest BCUT2D eigenvalue weighted by atomic mass is 10.0. The van der Waals surface area contributed by atoms with Crippen molar-refractivity contribution in [2.24, 2.45) is 5.73 Å². The monoisotopic (exact) mass is 259 g/mol. The highest BCUT2D eigenvalue weighted by atomic mass is 35.5. The van der Waals surface area contributed by atoms with E-state index in [1.54, 1.807) is 0 Å². The largest absolute Gasteiger partial charge is 0.324 e. The van der Waals surface area contributed by atoms with Crippen LogP contribution in [0.25, 0.3) is 0 Å². The second-order valence-corrected chi connectivity index (χ2v) is 3.34. The molecule has 0 bridgehead atoms. The Morgan fingerprint density at radius 1 is 1.33 bits per heavy atom. The van der Waals surface area contributed by atoms with Gasteiger partial charge in [0, 0.05) is 23.0 Å². The smallest absolute Gasteiger partial charge is 0.240 e. The first kappa shape index (κ1) is 14.6. The summed E-state index contributed by atoms with van der Waals surface area (Å²) in [6.07, 6.45) is -3.12. The molecular weight excluding hydrogens is 250 g/mol. The van der Waals surface area contributed by atoms with Crippen LogP contribution in [0, 0.1) is 5.82 Å². The van der Waals surface area contributed by atoms with Gasteiger partial charge in [-0.15, -0.1) is 12.4 Å². The quantitative estimate of drug-likeness (QED) is 0.883. The fraction of sp³-hybridized carbons (Fsp3) is 0.333. The molecule has 0 fully saturated rings. The van der Waals surface area contributed by atoms with E-state index in [-0.39, 0.29) is 23.0 Å². The first-order valence-electron chi connectivity index (χ1n) is 3.99. The fourth-order valence-electron chi connectivity index (χ4n) is 1.12. The van der Waals surface area contributed by atoms with Gasteiger partial charge in [-0.05, 0) is 18.2 Å². The molecule has 0 radical (unpaired) electrons. The molecule has 0 aliphatic rings. The van der Waals surface area contributed by atoms with Crippen molar-refractivity contribution in [3.05, 3.63) is 34.6 Å². The van der Waals surface area contributed by atoms with E-state index in [1.165, 1.54) is 12.1 Å². The van der Waals surface area contributed by atoms with Gasteiger partial charge < -0.3 is 5.73 Å². The predicted molar refractivity (Wildman–Crippen MR) is 56.2 cm³/mol. The first-order chi connectivity index (χ1) is 6.50. The van der Waals surface area contributed by atoms with Gasteiger partial charge in [-0.3, -0.25) is 0 Å². The zero-order valence-electron chi connectivity index (χ0n) is 7.59. The maximum Gasteiger partial charge on any atom is 0.240 e. The molecule has 1 aromatic carbocycles.